The van der Waals surface area contributed by atoms with Crippen LogP contribution in [0.2, 0.25) is 0 Å². The number of nitrogens with zero attached hydrogens (tertiary/aromatic N) is 2. The number of amides is 1. The lowest BCUT2D eigenvalue weighted by Crippen LogP contribution is -2.53. The standard InChI is InChI=1S/C14H20N2O/c1-11-4-6-14(7-5-11)15-8-9-16(13(3)17)12(2)10-15/h4-7,12H,8-10H2,1-3H3. The number of aryl methyl sites for hydroxylation is 1. The molecule has 1 aliphatic heterocycles. The third-order valence-corrected chi connectivity index (χ3v) is 3.43. The Morgan fingerprint density at radius 2 is 1.88 bits per heavy atom. The second-order valence-electron chi connectivity index (χ2n) is 4.84. The van der Waals surface area contributed by atoms with E-state index in [4.69, 9.17) is 0 Å². The van der Waals surface area contributed by atoms with Crippen LogP contribution in [0.5, 0.6) is 0 Å². The van der Waals surface area contributed by atoms with Gasteiger partial charge in [-0.05, 0) is 26.0 Å². The van der Waals surface area contributed by atoms with Gasteiger partial charge >= 0.3 is 0 Å². The second kappa shape index (κ2) is 4.78. The van der Waals surface area contributed by atoms with E-state index < -0.39 is 0 Å². The van der Waals surface area contributed by atoms with Gasteiger partial charge in [0.25, 0.3) is 0 Å². The van der Waals surface area contributed by atoms with Crippen LogP contribution < -0.4 is 4.90 Å². The smallest absolute Gasteiger partial charge is 0.219 e. The van der Waals surface area contributed by atoms with Crippen molar-refractivity contribution in [2.45, 2.75) is 26.8 Å². The number of hydrogen-bond donors (Lipinski definition) is 0. The summed E-state index contributed by atoms with van der Waals surface area (Å²) in [4.78, 5) is 15.7. The molecule has 1 heterocycles. The Bertz CT molecular complexity index is 399. The fourth-order valence-electron chi connectivity index (χ4n) is 2.42. The maximum absolute atomic E-state index is 11.4. The van der Waals surface area contributed by atoms with E-state index in [1.165, 1.54) is 11.3 Å². The Hall–Kier alpha value is -1.51. The first-order chi connectivity index (χ1) is 8.08. The molecule has 1 atom stereocenters. The molecule has 0 spiro atoms. The van der Waals surface area contributed by atoms with Crippen LogP contribution >= 0.6 is 0 Å². The van der Waals surface area contributed by atoms with Gasteiger partial charge in [-0.2, -0.15) is 0 Å². The maximum Gasteiger partial charge on any atom is 0.219 e. The van der Waals surface area contributed by atoms with Gasteiger partial charge in [0.15, 0.2) is 0 Å². The van der Waals surface area contributed by atoms with Gasteiger partial charge in [-0.15, -0.1) is 0 Å². The molecule has 2 rings (SSSR count). The van der Waals surface area contributed by atoms with E-state index in [0.29, 0.717) is 6.04 Å². The molecule has 1 unspecified atom stereocenters. The van der Waals surface area contributed by atoms with E-state index >= 15 is 0 Å². The summed E-state index contributed by atoms with van der Waals surface area (Å²) in [5, 5.41) is 0. The molecule has 0 saturated carbocycles. The summed E-state index contributed by atoms with van der Waals surface area (Å²) in [6, 6.07) is 8.88. The SMILES string of the molecule is CC(=O)N1CCN(c2ccc(C)cc2)CC1C. The largest absolute Gasteiger partial charge is 0.368 e. The molecule has 1 aromatic rings. The molecule has 0 radical (unpaired) electrons. The van der Waals surface area contributed by atoms with Crippen LogP contribution in [0.4, 0.5) is 5.69 Å². The highest BCUT2D eigenvalue weighted by molar-refractivity contribution is 5.74. The molecule has 1 aliphatic rings. The molecule has 1 fully saturated rings. The number of anilines is 1. The summed E-state index contributed by atoms with van der Waals surface area (Å²) in [6.07, 6.45) is 0. The van der Waals surface area contributed by atoms with Gasteiger partial charge in [0, 0.05) is 38.3 Å². The molecule has 1 amide bonds. The number of rotatable bonds is 1. The lowest BCUT2D eigenvalue weighted by Gasteiger charge is -2.40. The third kappa shape index (κ3) is 2.60. The van der Waals surface area contributed by atoms with Crippen LogP contribution in [0, 0.1) is 6.92 Å². The van der Waals surface area contributed by atoms with E-state index in [1.54, 1.807) is 6.92 Å². The minimum absolute atomic E-state index is 0.182. The summed E-state index contributed by atoms with van der Waals surface area (Å²) >= 11 is 0. The monoisotopic (exact) mass is 232 g/mol. The van der Waals surface area contributed by atoms with Gasteiger partial charge < -0.3 is 9.80 Å². The van der Waals surface area contributed by atoms with Crippen molar-refractivity contribution < 1.29 is 4.79 Å². The van der Waals surface area contributed by atoms with E-state index in [-0.39, 0.29) is 5.91 Å². The Morgan fingerprint density at radius 3 is 2.41 bits per heavy atom. The summed E-state index contributed by atoms with van der Waals surface area (Å²) in [5.41, 5.74) is 2.54. The number of benzene rings is 1. The maximum atomic E-state index is 11.4. The van der Waals surface area contributed by atoms with E-state index in [2.05, 4.69) is 43.0 Å². The van der Waals surface area contributed by atoms with Crippen LogP contribution in [0.3, 0.4) is 0 Å². The van der Waals surface area contributed by atoms with Gasteiger partial charge in [-0.25, -0.2) is 0 Å². The number of hydrogen-bond acceptors (Lipinski definition) is 2. The molecule has 1 aromatic carbocycles. The molecule has 0 aromatic heterocycles. The normalized spacial score (nSPS) is 20.5. The summed E-state index contributed by atoms with van der Waals surface area (Å²) in [6.45, 7) is 8.53. The molecule has 1 saturated heterocycles. The van der Waals surface area contributed by atoms with Gasteiger partial charge in [0.2, 0.25) is 5.91 Å². The molecule has 3 nitrogen and oxygen atoms in total. The van der Waals surface area contributed by atoms with Crippen molar-refractivity contribution in [1.29, 1.82) is 0 Å². The Labute approximate surface area is 103 Å². The minimum atomic E-state index is 0.182. The van der Waals surface area contributed by atoms with Gasteiger partial charge in [-0.3, -0.25) is 4.79 Å². The number of carbonyl (C=O) groups excluding carboxylic acids is 1. The van der Waals surface area contributed by atoms with Gasteiger partial charge in [0.1, 0.15) is 0 Å². The zero-order valence-corrected chi connectivity index (χ0v) is 10.8. The van der Waals surface area contributed by atoms with Crippen LogP contribution in [0.15, 0.2) is 24.3 Å². The van der Waals surface area contributed by atoms with Crippen LogP contribution in [0.1, 0.15) is 19.4 Å². The Balaban J connectivity index is 2.06. The van der Waals surface area contributed by atoms with E-state index in [0.717, 1.165) is 19.6 Å². The lowest BCUT2D eigenvalue weighted by atomic mass is 10.1. The first-order valence-electron chi connectivity index (χ1n) is 6.17. The first-order valence-corrected chi connectivity index (χ1v) is 6.17. The van der Waals surface area contributed by atoms with Crippen molar-refractivity contribution in [3.63, 3.8) is 0 Å². The molecule has 0 bridgehead atoms. The predicted molar refractivity (Wildman–Crippen MR) is 70.2 cm³/mol. The zero-order chi connectivity index (χ0) is 12.4. The average molecular weight is 232 g/mol. The van der Waals surface area contributed by atoms with Crippen molar-refractivity contribution in [3.8, 4) is 0 Å². The van der Waals surface area contributed by atoms with Crippen molar-refractivity contribution in [2.24, 2.45) is 0 Å². The molecule has 0 aliphatic carbocycles. The fourth-order valence-corrected chi connectivity index (χ4v) is 2.42. The number of piperazine rings is 1. The summed E-state index contributed by atoms with van der Waals surface area (Å²) in [5.74, 6) is 0.182. The van der Waals surface area contributed by atoms with Crippen LogP contribution in [0.25, 0.3) is 0 Å². The second-order valence-corrected chi connectivity index (χ2v) is 4.84. The molecule has 0 N–H and O–H groups in total. The van der Waals surface area contributed by atoms with Crippen molar-refractivity contribution >= 4 is 11.6 Å². The summed E-state index contributed by atoms with van der Waals surface area (Å²) in [7, 11) is 0. The van der Waals surface area contributed by atoms with E-state index in [9.17, 15) is 4.79 Å². The van der Waals surface area contributed by atoms with Crippen LogP contribution in [-0.2, 0) is 4.79 Å². The predicted octanol–water partition coefficient (Wildman–Crippen LogP) is 2.05. The molecule has 17 heavy (non-hydrogen) atoms. The van der Waals surface area contributed by atoms with Gasteiger partial charge in [0.05, 0.1) is 0 Å². The lowest BCUT2D eigenvalue weighted by molar-refractivity contribution is -0.131. The molecule has 3 heteroatoms. The quantitative estimate of drug-likeness (QED) is 0.740. The van der Waals surface area contributed by atoms with Crippen molar-refractivity contribution in [2.75, 3.05) is 24.5 Å². The third-order valence-electron chi connectivity index (χ3n) is 3.43. The van der Waals surface area contributed by atoms with Crippen LogP contribution in [-0.4, -0.2) is 36.5 Å². The first kappa shape index (κ1) is 12.0. The Kier molecular flexibility index (Phi) is 3.36. The van der Waals surface area contributed by atoms with Gasteiger partial charge in [-0.1, -0.05) is 17.7 Å². The van der Waals surface area contributed by atoms with Crippen molar-refractivity contribution in [1.82, 2.24) is 4.90 Å². The molecular weight excluding hydrogens is 212 g/mol. The van der Waals surface area contributed by atoms with E-state index in [1.807, 2.05) is 4.90 Å². The zero-order valence-electron chi connectivity index (χ0n) is 10.8. The fraction of sp³-hybridized carbons (Fsp3) is 0.500. The average Bonchev–Trinajstić information content (AvgIpc) is 2.29. The Morgan fingerprint density at radius 1 is 1.24 bits per heavy atom. The topological polar surface area (TPSA) is 23.6 Å². The highest BCUT2D eigenvalue weighted by Gasteiger charge is 2.25. The number of carbonyl (C=O) groups is 1. The minimum Gasteiger partial charge on any atom is -0.368 e. The van der Waals surface area contributed by atoms with Crippen molar-refractivity contribution in [3.05, 3.63) is 29.8 Å². The molecule has 92 valence electrons. The highest BCUT2D eigenvalue weighted by atomic mass is 16.2. The molecular formula is C14H20N2O. The highest BCUT2D eigenvalue weighted by Crippen LogP contribution is 2.19. The summed E-state index contributed by atoms with van der Waals surface area (Å²) < 4.78 is 0.